The number of likely N-dealkylation sites (tertiary alicyclic amines) is 1. The average molecular weight is 698 g/mol. The molecule has 3 N–H and O–H groups in total. The molecule has 6 aliphatic heterocycles. The minimum atomic E-state index is -0.579. The highest BCUT2D eigenvalue weighted by molar-refractivity contribution is 6.11. The maximum absolute atomic E-state index is 13.2. The van der Waals surface area contributed by atoms with Gasteiger partial charge in [-0.3, -0.25) is 25.1 Å². The highest BCUT2D eigenvalue weighted by Gasteiger charge is 2.39. The summed E-state index contributed by atoms with van der Waals surface area (Å²) in [4.78, 5) is 46.2. The summed E-state index contributed by atoms with van der Waals surface area (Å²) in [7, 11) is 0. The normalized spacial score (nSPS) is 24.0. The van der Waals surface area contributed by atoms with E-state index in [0.717, 1.165) is 68.8 Å². The first-order chi connectivity index (χ1) is 25.4. The number of phenols is 1. The SMILES string of the molecule is O=C1CCC(N2Cc3cc(C4CCN(C5CCN(c6ccc(N7C=CC8NN=C(c9ccccc9O)C=C87)cc6)CC5)CC4)ccc3C2=O)C(=O)N1. The number of aromatic hydroxyl groups is 1. The molecule has 6 aliphatic rings. The van der Waals surface area contributed by atoms with Crippen molar-refractivity contribution in [1.29, 1.82) is 0 Å². The summed E-state index contributed by atoms with van der Waals surface area (Å²) in [6.07, 6.45) is 11.4. The number of amides is 3. The molecule has 9 rings (SSSR count). The van der Waals surface area contributed by atoms with Crippen molar-refractivity contribution in [1.82, 2.24) is 20.5 Å². The fraction of sp³-hybridized carbons (Fsp3) is 0.366. The standard InChI is InChI=1S/C41H43N7O4/c49-38-4-2-1-3-33(38)35-24-37-34(43-44-35)17-22-47(37)31-8-6-29(7-9-31)46-20-15-30(16-21-46)45-18-13-26(14-19-45)27-5-10-32-28(23-27)25-48(41(32)52)36-11-12-39(50)42-40(36)51/h1-10,17,22-24,26,30,34,36,43,49H,11-16,18-21,25H2,(H,42,50,51). The Hall–Kier alpha value is -5.42. The number of anilines is 2. The molecule has 2 atom stereocenters. The van der Waals surface area contributed by atoms with E-state index in [1.54, 1.807) is 11.0 Å². The summed E-state index contributed by atoms with van der Waals surface area (Å²) in [5.41, 5.74) is 11.0. The number of phenolic OH excluding ortho intramolecular Hbond substituents is 1. The van der Waals surface area contributed by atoms with Crippen LogP contribution in [-0.2, 0) is 16.1 Å². The number of carbonyl (C=O) groups is 3. The summed E-state index contributed by atoms with van der Waals surface area (Å²) in [5.74, 6) is -0.0654. The molecule has 3 aromatic rings. The predicted molar refractivity (Wildman–Crippen MR) is 199 cm³/mol. The highest BCUT2D eigenvalue weighted by atomic mass is 16.3. The Bertz CT molecular complexity index is 2010. The Kier molecular flexibility index (Phi) is 8.30. The first kappa shape index (κ1) is 32.5. The lowest BCUT2D eigenvalue weighted by molar-refractivity contribution is -0.136. The topological polar surface area (TPSA) is 121 Å². The van der Waals surface area contributed by atoms with Gasteiger partial charge in [-0.2, -0.15) is 5.10 Å². The first-order valence-corrected chi connectivity index (χ1v) is 18.6. The van der Waals surface area contributed by atoms with Gasteiger partial charge in [0.05, 0.1) is 11.4 Å². The van der Waals surface area contributed by atoms with E-state index in [2.05, 4.69) is 79.2 Å². The number of benzene rings is 3. The highest BCUT2D eigenvalue weighted by Crippen LogP contribution is 2.36. The smallest absolute Gasteiger partial charge is 0.255 e. The minimum Gasteiger partial charge on any atom is -0.507 e. The Morgan fingerprint density at radius 1 is 0.808 bits per heavy atom. The van der Waals surface area contributed by atoms with E-state index in [1.165, 1.54) is 11.3 Å². The molecule has 0 bridgehead atoms. The molecule has 266 valence electrons. The van der Waals surface area contributed by atoms with Crippen molar-refractivity contribution in [2.75, 3.05) is 36.0 Å². The number of allylic oxidation sites excluding steroid dienone is 1. The lowest BCUT2D eigenvalue weighted by atomic mass is 9.86. The lowest BCUT2D eigenvalue weighted by Crippen LogP contribution is -2.52. The molecular formula is C41H43N7O4. The van der Waals surface area contributed by atoms with Crippen LogP contribution in [0.3, 0.4) is 0 Å². The number of fused-ring (bicyclic) bond motifs is 2. The van der Waals surface area contributed by atoms with Crippen LogP contribution in [0.2, 0.25) is 0 Å². The van der Waals surface area contributed by atoms with E-state index in [0.29, 0.717) is 41.8 Å². The number of rotatable bonds is 6. The van der Waals surface area contributed by atoms with Crippen LogP contribution in [-0.4, -0.2) is 82.6 Å². The van der Waals surface area contributed by atoms with Crippen molar-refractivity contribution < 1.29 is 19.5 Å². The molecule has 0 spiro atoms. The number of hydrazone groups is 1. The van der Waals surface area contributed by atoms with Crippen molar-refractivity contribution in [3.05, 3.63) is 113 Å². The zero-order chi connectivity index (χ0) is 35.3. The van der Waals surface area contributed by atoms with E-state index >= 15 is 0 Å². The van der Waals surface area contributed by atoms with Crippen molar-refractivity contribution in [2.24, 2.45) is 5.10 Å². The first-order valence-electron chi connectivity index (χ1n) is 18.6. The van der Waals surface area contributed by atoms with E-state index < -0.39 is 6.04 Å². The quantitative estimate of drug-likeness (QED) is 0.320. The van der Waals surface area contributed by atoms with Crippen LogP contribution in [0.5, 0.6) is 5.75 Å². The van der Waals surface area contributed by atoms with Crippen LogP contribution in [0.4, 0.5) is 11.4 Å². The van der Waals surface area contributed by atoms with Gasteiger partial charge in [-0.25, -0.2) is 0 Å². The van der Waals surface area contributed by atoms with Crippen LogP contribution >= 0.6 is 0 Å². The third kappa shape index (κ3) is 5.92. The van der Waals surface area contributed by atoms with Crippen LogP contribution in [0.15, 0.2) is 95.9 Å². The fourth-order valence-electron chi connectivity index (χ4n) is 8.91. The minimum absolute atomic E-state index is 0.00437. The maximum Gasteiger partial charge on any atom is 0.255 e. The Labute approximate surface area is 303 Å². The summed E-state index contributed by atoms with van der Waals surface area (Å²) >= 11 is 0. The van der Waals surface area contributed by atoms with Crippen LogP contribution in [0, 0.1) is 0 Å². The Balaban J connectivity index is 0.777. The second kappa shape index (κ2) is 13.3. The molecule has 3 aromatic carbocycles. The third-order valence-electron chi connectivity index (χ3n) is 11.8. The molecule has 3 amide bonds. The molecular weight excluding hydrogens is 654 g/mol. The maximum atomic E-state index is 13.2. The zero-order valence-electron chi connectivity index (χ0n) is 29.1. The van der Waals surface area contributed by atoms with Gasteiger partial charge >= 0.3 is 0 Å². The Morgan fingerprint density at radius 2 is 1.58 bits per heavy atom. The number of hydrogen-bond acceptors (Lipinski definition) is 9. The fourth-order valence-corrected chi connectivity index (χ4v) is 8.91. The molecule has 0 aliphatic carbocycles. The number of nitrogens with one attached hydrogen (secondary N) is 2. The van der Waals surface area contributed by atoms with Gasteiger partial charge in [0, 0.05) is 60.8 Å². The van der Waals surface area contributed by atoms with Gasteiger partial charge in [-0.1, -0.05) is 24.3 Å². The molecule has 0 aromatic heterocycles. The van der Waals surface area contributed by atoms with E-state index in [1.807, 2.05) is 30.3 Å². The van der Waals surface area contributed by atoms with Gasteiger partial charge in [-0.15, -0.1) is 0 Å². The largest absolute Gasteiger partial charge is 0.507 e. The number of nitrogens with zero attached hydrogens (tertiary/aromatic N) is 5. The molecule has 3 fully saturated rings. The van der Waals surface area contributed by atoms with E-state index in [4.69, 9.17) is 0 Å². The van der Waals surface area contributed by atoms with Gasteiger partial charge in [0.15, 0.2) is 0 Å². The van der Waals surface area contributed by atoms with Crippen LogP contribution in [0.25, 0.3) is 0 Å². The van der Waals surface area contributed by atoms with E-state index in [9.17, 15) is 19.5 Å². The van der Waals surface area contributed by atoms with E-state index in [-0.39, 0.29) is 35.9 Å². The van der Waals surface area contributed by atoms with Crippen LogP contribution in [0.1, 0.15) is 71.5 Å². The van der Waals surface area contributed by atoms with Gasteiger partial charge in [-0.05, 0) is 117 Å². The predicted octanol–water partition coefficient (Wildman–Crippen LogP) is 4.60. The van der Waals surface area contributed by atoms with Crippen molar-refractivity contribution >= 4 is 34.8 Å². The second-order valence-electron chi connectivity index (χ2n) is 14.8. The summed E-state index contributed by atoms with van der Waals surface area (Å²) in [5, 5.41) is 17.3. The van der Waals surface area contributed by atoms with Crippen molar-refractivity contribution in [3.63, 3.8) is 0 Å². The monoisotopic (exact) mass is 697 g/mol. The molecule has 52 heavy (non-hydrogen) atoms. The summed E-state index contributed by atoms with van der Waals surface area (Å²) in [6, 6.07) is 22.4. The number of hydrogen-bond donors (Lipinski definition) is 3. The zero-order valence-corrected chi connectivity index (χ0v) is 29.1. The number of carbonyl (C=O) groups excluding carboxylic acids is 3. The Morgan fingerprint density at radius 3 is 2.35 bits per heavy atom. The molecule has 6 heterocycles. The molecule has 0 saturated carbocycles. The van der Waals surface area contributed by atoms with Crippen molar-refractivity contribution in [2.45, 2.75) is 69.1 Å². The van der Waals surface area contributed by atoms with Crippen LogP contribution < -0.4 is 20.5 Å². The van der Waals surface area contributed by atoms with Gasteiger partial charge in [0.25, 0.3) is 5.91 Å². The van der Waals surface area contributed by atoms with Gasteiger partial charge < -0.3 is 24.7 Å². The third-order valence-corrected chi connectivity index (χ3v) is 11.8. The summed E-state index contributed by atoms with van der Waals surface area (Å²) < 4.78 is 0. The lowest BCUT2D eigenvalue weighted by Gasteiger charge is -2.42. The second-order valence-corrected chi connectivity index (χ2v) is 14.8. The van der Waals surface area contributed by atoms with Crippen molar-refractivity contribution in [3.8, 4) is 5.75 Å². The summed E-state index contributed by atoms with van der Waals surface area (Å²) in [6.45, 7) is 4.65. The number of imide groups is 1. The molecule has 11 nitrogen and oxygen atoms in total. The molecule has 0 radical (unpaired) electrons. The molecule has 3 saturated heterocycles. The van der Waals surface area contributed by atoms with Gasteiger partial charge in [0.1, 0.15) is 17.8 Å². The number of para-hydroxylation sites is 1. The number of piperidine rings is 3. The van der Waals surface area contributed by atoms with Gasteiger partial charge in [0.2, 0.25) is 11.8 Å². The molecule has 11 heteroatoms. The average Bonchev–Trinajstić information content (AvgIpc) is 3.75. The molecule has 2 unspecified atom stereocenters.